The highest BCUT2D eigenvalue weighted by Gasteiger charge is 2.18. The Hall–Kier alpha value is -1.53. The van der Waals surface area contributed by atoms with Gasteiger partial charge in [0.25, 0.3) is 0 Å². The van der Waals surface area contributed by atoms with Crippen molar-refractivity contribution in [2.45, 2.75) is 32.4 Å². The largest absolute Gasteiger partial charge is 0.494 e. The number of hydrogen-bond acceptors (Lipinski definition) is 2. The van der Waals surface area contributed by atoms with E-state index in [0.717, 1.165) is 5.56 Å². The van der Waals surface area contributed by atoms with Crippen LogP contribution in [0.15, 0.2) is 18.2 Å². The zero-order chi connectivity index (χ0) is 13.1. The van der Waals surface area contributed by atoms with Crippen LogP contribution in [0.5, 0.6) is 5.75 Å². The molecule has 17 heavy (non-hydrogen) atoms. The summed E-state index contributed by atoms with van der Waals surface area (Å²) in [5, 5.41) is 3.28. The van der Waals surface area contributed by atoms with Crippen molar-refractivity contribution in [2.24, 2.45) is 0 Å². The number of halogens is 1. The standard InChI is InChI=1S/C14H18FNO/c1-6-14(3,4)16-10(2)11-7-8-12(15)13(9-11)17-5/h1,7-10,16H,2-5H3. The predicted molar refractivity (Wildman–Crippen MR) is 67.4 cm³/mol. The smallest absolute Gasteiger partial charge is 0.165 e. The normalized spacial score (nSPS) is 12.9. The molecule has 0 aliphatic carbocycles. The zero-order valence-corrected chi connectivity index (χ0v) is 10.7. The zero-order valence-electron chi connectivity index (χ0n) is 10.7. The summed E-state index contributed by atoms with van der Waals surface area (Å²) in [4.78, 5) is 0. The van der Waals surface area contributed by atoms with Gasteiger partial charge in [0, 0.05) is 6.04 Å². The van der Waals surface area contributed by atoms with Crippen LogP contribution in [-0.4, -0.2) is 12.6 Å². The molecule has 1 aromatic rings. The Balaban J connectivity index is 2.90. The average molecular weight is 235 g/mol. The Bertz CT molecular complexity index is 434. The van der Waals surface area contributed by atoms with Crippen molar-refractivity contribution in [1.29, 1.82) is 0 Å². The third-order valence-corrected chi connectivity index (χ3v) is 2.61. The molecule has 0 amide bonds. The summed E-state index contributed by atoms with van der Waals surface area (Å²) in [7, 11) is 1.45. The molecule has 0 aliphatic rings. The van der Waals surface area contributed by atoms with Gasteiger partial charge < -0.3 is 4.74 Å². The molecule has 0 aliphatic heterocycles. The molecule has 1 atom stereocenters. The van der Waals surface area contributed by atoms with E-state index in [9.17, 15) is 4.39 Å². The van der Waals surface area contributed by atoms with Crippen LogP contribution in [-0.2, 0) is 0 Å². The molecule has 0 radical (unpaired) electrons. The Labute approximate surface area is 102 Å². The highest BCUT2D eigenvalue weighted by Crippen LogP contribution is 2.23. The van der Waals surface area contributed by atoms with Gasteiger partial charge in [-0.2, -0.15) is 0 Å². The number of hydrogen-bond donors (Lipinski definition) is 1. The Kier molecular flexibility index (Phi) is 4.14. The van der Waals surface area contributed by atoms with Gasteiger partial charge in [-0.25, -0.2) is 4.39 Å². The van der Waals surface area contributed by atoms with E-state index in [1.807, 2.05) is 20.8 Å². The molecule has 0 heterocycles. The van der Waals surface area contributed by atoms with Gasteiger partial charge in [0.2, 0.25) is 0 Å². The summed E-state index contributed by atoms with van der Waals surface area (Å²) in [6.45, 7) is 5.82. The van der Waals surface area contributed by atoms with Crippen molar-refractivity contribution in [3.05, 3.63) is 29.6 Å². The quantitative estimate of drug-likeness (QED) is 0.810. The summed E-state index contributed by atoms with van der Waals surface area (Å²) in [6, 6.07) is 4.83. The van der Waals surface area contributed by atoms with Crippen molar-refractivity contribution >= 4 is 0 Å². The van der Waals surface area contributed by atoms with Gasteiger partial charge in [-0.05, 0) is 38.5 Å². The lowest BCUT2D eigenvalue weighted by molar-refractivity contribution is 0.382. The predicted octanol–water partition coefficient (Wildman–Crippen LogP) is 2.90. The third kappa shape index (κ3) is 3.47. The van der Waals surface area contributed by atoms with E-state index in [-0.39, 0.29) is 17.6 Å². The van der Waals surface area contributed by atoms with Crippen molar-refractivity contribution in [3.8, 4) is 18.1 Å². The number of rotatable bonds is 4. The van der Waals surface area contributed by atoms with Crippen LogP contribution < -0.4 is 10.1 Å². The number of benzene rings is 1. The first-order valence-corrected chi connectivity index (χ1v) is 5.48. The SMILES string of the molecule is C#CC(C)(C)NC(C)c1ccc(F)c(OC)c1. The lowest BCUT2D eigenvalue weighted by Crippen LogP contribution is -2.39. The van der Waals surface area contributed by atoms with Gasteiger partial charge in [0.15, 0.2) is 11.6 Å². The molecule has 1 aromatic carbocycles. The van der Waals surface area contributed by atoms with Gasteiger partial charge in [-0.1, -0.05) is 12.0 Å². The lowest BCUT2D eigenvalue weighted by Gasteiger charge is -2.25. The van der Waals surface area contributed by atoms with Gasteiger partial charge >= 0.3 is 0 Å². The van der Waals surface area contributed by atoms with Crippen LogP contribution in [0.25, 0.3) is 0 Å². The summed E-state index contributed by atoms with van der Waals surface area (Å²) >= 11 is 0. The van der Waals surface area contributed by atoms with Crippen molar-refractivity contribution in [1.82, 2.24) is 5.32 Å². The highest BCUT2D eigenvalue weighted by atomic mass is 19.1. The Morgan fingerprint density at radius 3 is 2.65 bits per heavy atom. The summed E-state index contributed by atoms with van der Waals surface area (Å²) in [6.07, 6.45) is 5.42. The first-order chi connectivity index (χ1) is 7.89. The molecule has 0 fully saturated rings. The van der Waals surface area contributed by atoms with Gasteiger partial charge in [0.05, 0.1) is 12.6 Å². The molecule has 92 valence electrons. The molecule has 0 spiro atoms. The van der Waals surface area contributed by atoms with Gasteiger partial charge in [-0.15, -0.1) is 6.42 Å². The molecule has 2 nitrogen and oxygen atoms in total. The maximum Gasteiger partial charge on any atom is 0.165 e. The molecular weight excluding hydrogens is 217 g/mol. The lowest BCUT2D eigenvalue weighted by atomic mass is 10.0. The minimum atomic E-state index is -0.402. The third-order valence-electron chi connectivity index (χ3n) is 2.61. The molecule has 0 saturated heterocycles. The van der Waals surface area contributed by atoms with E-state index in [4.69, 9.17) is 11.2 Å². The summed E-state index contributed by atoms with van der Waals surface area (Å²) in [5.74, 6) is 2.55. The first kappa shape index (κ1) is 13.5. The van der Waals surface area contributed by atoms with Crippen LogP contribution in [0.1, 0.15) is 32.4 Å². The maximum atomic E-state index is 13.3. The van der Waals surface area contributed by atoms with E-state index < -0.39 is 5.54 Å². The molecule has 0 bridgehead atoms. The fourth-order valence-corrected chi connectivity index (χ4v) is 1.61. The molecule has 0 saturated carbocycles. The number of nitrogens with one attached hydrogen (secondary N) is 1. The average Bonchev–Trinajstić information content (AvgIpc) is 2.29. The fraction of sp³-hybridized carbons (Fsp3) is 0.429. The fourth-order valence-electron chi connectivity index (χ4n) is 1.61. The monoisotopic (exact) mass is 235 g/mol. The van der Waals surface area contributed by atoms with E-state index in [0.29, 0.717) is 0 Å². The van der Waals surface area contributed by atoms with Crippen LogP contribution in [0.2, 0.25) is 0 Å². The minimum absolute atomic E-state index is 0.0237. The van der Waals surface area contributed by atoms with Crippen LogP contribution in [0.4, 0.5) is 4.39 Å². The minimum Gasteiger partial charge on any atom is -0.494 e. The summed E-state index contributed by atoms with van der Waals surface area (Å²) < 4.78 is 18.2. The van der Waals surface area contributed by atoms with Crippen molar-refractivity contribution in [2.75, 3.05) is 7.11 Å². The molecule has 1 rings (SSSR count). The molecule has 1 unspecified atom stereocenters. The Morgan fingerprint density at radius 2 is 2.12 bits per heavy atom. The van der Waals surface area contributed by atoms with Crippen LogP contribution in [0, 0.1) is 18.2 Å². The van der Waals surface area contributed by atoms with E-state index in [2.05, 4.69) is 11.2 Å². The number of methoxy groups -OCH3 is 1. The van der Waals surface area contributed by atoms with Crippen molar-refractivity contribution < 1.29 is 9.13 Å². The summed E-state index contributed by atoms with van der Waals surface area (Å²) in [5.41, 5.74) is 0.535. The van der Waals surface area contributed by atoms with Gasteiger partial charge in [0.1, 0.15) is 0 Å². The number of terminal acetylenes is 1. The second-order valence-electron chi connectivity index (χ2n) is 4.53. The molecular formula is C14H18FNO. The molecule has 0 aromatic heterocycles. The van der Waals surface area contributed by atoms with Crippen molar-refractivity contribution in [3.63, 3.8) is 0 Å². The van der Waals surface area contributed by atoms with E-state index in [1.165, 1.54) is 13.2 Å². The molecule has 3 heteroatoms. The Morgan fingerprint density at radius 1 is 1.47 bits per heavy atom. The van der Waals surface area contributed by atoms with E-state index >= 15 is 0 Å². The molecule has 1 N–H and O–H groups in total. The topological polar surface area (TPSA) is 21.3 Å². The highest BCUT2D eigenvalue weighted by molar-refractivity contribution is 5.32. The van der Waals surface area contributed by atoms with Crippen LogP contribution in [0.3, 0.4) is 0 Å². The van der Waals surface area contributed by atoms with Crippen LogP contribution >= 0.6 is 0 Å². The maximum absolute atomic E-state index is 13.3. The van der Waals surface area contributed by atoms with E-state index in [1.54, 1.807) is 12.1 Å². The second kappa shape index (κ2) is 5.20. The number of ether oxygens (including phenoxy) is 1. The van der Waals surface area contributed by atoms with Gasteiger partial charge in [-0.3, -0.25) is 5.32 Å². The first-order valence-electron chi connectivity index (χ1n) is 5.48. The second-order valence-corrected chi connectivity index (χ2v) is 4.53.